The van der Waals surface area contributed by atoms with Gasteiger partial charge in [-0.05, 0) is 27.2 Å². The van der Waals surface area contributed by atoms with E-state index in [2.05, 4.69) is 4.74 Å². The lowest BCUT2D eigenvalue weighted by Crippen LogP contribution is -2.52. The number of hydrogen-bond acceptors (Lipinski definition) is 4. The number of carbonyl (C=O) groups is 2. The average molecular weight is 261 g/mol. The Morgan fingerprint density at radius 3 is 2.44 bits per heavy atom. The molecule has 0 N–H and O–H groups in total. The largest absolute Gasteiger partial charge is 0.467 e. The first-order valence-corrected chi connectivity index (χ1v) is 5.96. The summed E-state index contributed by atoms with van der Waals surface area (Å²) in [4.78, 5) is 24.7. The average Bonchev–Trinajstić information content (AvgIpc) is 2.25. The van der Waals surface area contributed by atoms with Crippen LogP contribution < -0.4 is 0 Å². The molecule has 104 valence electrons. The fourth-order valence-corrected chi connectivity index (χ4v) is 1.82. The minimum Gasteiger partial charge on any atom is -0.467 e. The van der Waals surface area contributed by atoms with Crippen LogP contribution in [0.4, 0.5) is 9.18 Å². The first-order chi connectivity index (χ1) is 8.24. The van der Waals surface area contributed by atoms with Crippen LogP contribution in [0.3, 0.4) is 0 Å². The minimum absolute atomic E-state index is 0.0358. The van der Waals surface area contributed by atoms with Gasteiger partial charge in [-0.15, -0.1) is 0 Å². The summed E-state index contributed by atoms with van der Waals surface area (Å²) >= 11 is 0. The van der Waals surface area contributed by atoms with Crippen molar-refractivity contribution in [2.75, 3.05) is 13.7 Å². The Bertz CT molecular complexity index is 327. The van der Waals surface area contributed by atoms with Crippen molar-refractivity contribution in [3.05, 3.63) is 0 Å². The van der Waals surface area contributed by atoms with Gasteiger partial charge in [0, 0.05) is 13.0 Å². The molecular formula is C12H20FNO4. The van der Waals surface area contributed by atoms with Crippen molar-refractivity contribution in [2.24, 2.45) is 0 Å². The van der Waals surface area contributed by atoms with Crippen LogP contribution in [0, 0.1) is 0 Å². The first-order valence-electron chi connectivity index (χ1n) is 5.96. The Balaban J connectivity index is 2.77. The van der Waals surface area contributed by atoms with Crippen LogP contribution in [0.1, 0.15) is 33.6 Å². The predicted octanol–water partition coefficient (Wildman–Crippen LogP) is 1.90. The molecule has 1 aliphatic heterocycles. The van der Waals surface area contributed by atoms with E-state index in [0.29, 0.717) is 0 Å². The molecule has 0 saturated carbocycles. The fraction of sp³-hybridized carbons (Fsp3) is 0.833. The number of ether oxygens (including phenoxy) is 2. The Morgan fingerprint density at radius 2 is 1.94 bits per heavy atom. The molecular weight excluding hydrogens is 241 g/mol. The molecule has 1 rings (SSSR count). The van der Waals surface area contributed by atoms with E-state index < -0.39 is 29.9 Å². The van der Waals surface area contributed by atoms with E-state index >= 15 is 0 Å². The number of nitrogens with zero attached hydrogens (tertiary/aromatic N) is 1. The minimum atomic E-state index is -1.09. The van der Waals surface area contributed by atoms with E-state index in [-0.39, 0.29) is 19.4 Å². The van der Waals surface area contributed by atoms with Crippen molar-refractivity contribution in [3.8, 4) is 0 Å². The Labute approximate surface area is 106 Å². The summed E-state index contributed by atoms with van der Waals surface area (Å²) in [6.45, 7) is 5.37. The molecule has 0 radical (unpaired) electrons. The molecule has 6 heteroatoms. The van der Waals surface area contributed by atoms with Gasteiger partial charge in [0.25, 0.3) is 0 Å². The first kappa shape index (κ1) is 14.7. The van der Waals surface area contributed by atoms with Crippen molar-refractivity contribution < 1.29 is 23.5 Å². The SMILES string of the molecule is COC(=O)[C@@H]1C[C@H](F)CCN1C(=O)OC(C)(C)C. The molecule has 0 spiro atoms. The van der Waals surface area contributed by atoms with Crippen molar-refractivity contribution in [2.45, 2.75) is 51.4 Å². The van der Waals surface area contributed by atoms with E-state index in [4.69, 9.17) is 4.74 Å². The zero-order valence-corrected chi connectivity index (χ0v) is 11.2. The van der Waals surface area contributed by atoms with E-state index in [1.54, 1.807) is 20.8 Å². The number of methoxy groups -OCH3 is 1. The zero-order valence-electron chi connectivity index (χ0n) is 11.2. The number of amides is 1. The van der Waals surface area contributed by atoms with Gasteiger partial charge in [-0.3, -0.25) is 4.90 Å². The van der Waals surface area contributed by atoms with E-state index in [1.807, 2.05) is 0 Å². The summed E-state index contributed by atoms with van der Waals surface area (Å²) < 4.78 is 23.1. The highest BCUT2D eigenvalue weighted by Gasteiger charge is 2.38. The van der Waals surface area contributed by atoms with Crippen molar-refractivity contribution in [1.82, 2.24) is 4.90 Å². The third kappa shape index (κ3) is 3.85. The number of esters is 1. The van der Waals surface area contributed by atoms with Crippen LogP contribution in [0.25, 0.3) is 0 Å². The highest BCUT2D eigenvalue weighted by molar-refractivity contribution is 5.81. The summed E-state index contributed by atoms with van der Waals surface area (Å²) in [5.74, 6) is -0.608. The van der Waals surface area contributed by atoms with Gasteiger partial charge in [-0.1, -0.05) is 0 Å². The molecule has 5 nitrogen and oxygen atoms in total. The lowest BCUT2D eigenvalue weighted by atomic mass is 10.0. The van der Waals surface area contributed by atoms with Crippen LogP contribution in [0.15, 0.2) is 0 Å². The lowest BCUT2D eigenvalue weighted by molar-refractivity contribution is -0.149. The molecule has 1 saturated heterocycles. The summed E-state index contributed by atoms with van der Waals surface area (Å²) in [6, 6.07) is -0.895. The second-order valence-electron chi connectivity index (χ2n) is 5.33. The number of halogens is 1. The quantitative estimate of drug-likeness (QED) is 0.676. The Morgan fingerprint density at radius 1 is 1.33 bits per heavy atom. The molecule has 1 aliphatic rings. The number of likely N-dealkylation sites (tertiary alicyclic amines) is 1. The van der Waals surface area contributed by atoms with Gasteiger partial charge in [-0.2, -0.15) is 0 Å². The van der Waals surface area contributed by atoms with Crippen LogP contribution in [-0.4, -0.2) is 48.4 Å². The number of rotatable bonds is 1. The van der Waals surface area contributed by atoms with Crippen LogP contribution in [0.5, 0.6) is 0 Å². The summed E-state index contributed by atoms with van der Waals surface area (Å²) in [5.41, 5.74) is -0.648. The summed E-state index contributed by atoms with van der Waals surface area (Å²) in [7, 11) is 1.22. The number of piperidine rings is 1. The van der Waals surface area contributed by atoms with Crippen molar-refractivity contribution in [3.63, 3.8) is 0 Å². The monoisotopic (exact) mass is 261 g/mol. The normalized spacial score (nSPS) is 24.6. The summed E-state index contributed by atoms with van der Waals surface area (Å²) in [5, 5.41) is 0. The highest BCUT2D eigenvalue weighted by atomic mass is 19.1. The van der Waals surface area contributed by atoms with Gasteiger partial charge in [-0.25, -0.2) is 14.0 Å². The molecule has 0 aromatic carbocycles. The molecule has 1 heterocycles. The van der Waals surface area contributed by atoms with E-state index in [9.17, 15) is 14.0 Å². The second kappa shape index (κ2) is 5.54. The van der Waals surface area contributed by atoms with Gasteiger partial charge < -0.3 is 9.47 Å². The maximum absolute atomic E-state index is 13.3. The van der Waals surface area contributed by atoms with E-state index in [0.717, 1.165) is 0 Å². The molecule has 2 atom stereocenters. The van der Waals surface area contributed by atoms with Gasteiger partial charge >= 0.3 is 12.1 Å². The summed E-state index contributed by atoms with van der Waals surface area (Å²) in [6.07, 6.45) is -1.52. The van der Waals surface area contributed by atoms with Crippen LogP contribution in [-0.2, 0) is 14.3 Å². The molecule has 0 bridgehead atoms. The topological polar surface area (TPSA) is 55.8 Å². The van der Waals surface area contributed by atoms with Gasteiger partial charge in [0.2, 0.25) is 0 Å². The maximum atomic E-state index is 13.3. The molecule has 0 aromatic rings. The van der Waals surface area contributed by atoms with Crippen LogP contribution in [0.2, 0.25) is 0 Å². The molecule has 0 aliphatic carbocycles. The third-order valence-electron chi connectivity index (χ3n) is 2.64. The second-order valence-corrected chi connectivity index (χ2v) is 5.33. The molecule has 0 unspecified atom stereocenters. The molecule has 1 amide bonds. The lowest BCUT2D eigenvalue weighted by Gasteiger charge is -2.36. The van der Waals surface area contributed by atoms with Gasteiger partial charge in [0.05, 0.1) is 7.11 Å². The number of carbonyl (C=O) groups excluding carboxylic acids is 2. The predicted molar refractivity (Wildman–Crippen MR) is 62.9 cm³/mol. The maximum Gasteiger partial charge on any atom is 0.411 e. The third-order valence-corrected chi connectivity index (χ3v) is 2.64. The zero-order chi connectivity index (χ0) is 13.9. The highest BCUT2D eigenvalue weighted by Crippen LogP contribution is 2.23. The Hall–Kier alpha value is -1.33. The number of alkyl halides is 1. The molecule has 1 fully saturated rings. The van der Waals surface area contributed by atoms with Crippen LogP contribution >= 0.6 is 0 Å². The Kier molecular flexibility index (Phi) is 4.53. The standard InChI is InChI=1S/C12H20FNO4/c1-12(2,3)18-11(16)14-6-5-8(13)7-9(14)10(15)17-4/h8-9H,5-7H2,1-4H3/t8-,9+/m1/s1. The molecule has 18 heavy (non-hydrogen) atoms. The van der Waals surface area contributed by atoms with Gasteiger partial charge in [0.15, 0.2) is 0 Å². The van der Waals surface area contributed by atoms with Gasteiger partial charge in [0.1, 0.15) is 17.8 Å². The smallest absolute Gasteiger partial charge is 0.411 e. The van der Waals surface area contributed by atoms with Crippen molar-refractivity contribution >= 4 is 12.1 Å². The fourth-order valence-electron chi connectivity index (χ4n) is 1.82. The molecule has 0 aromatic heterocycles. The van der Waals surface area contributed by atoms with E-state index in [1.165, 1.54) is 12.0 Å². The van der Waals surface area contributed by atoms with Crippen molar-refractivity contribution in [1.29, 1.82) is 0 Å². The number of hydrogen-bond donors (Lipinski definition) is 0.